The van der Waals surface area contributed by atoms with Crippen molar-refractivity contribution in [3.8, 4) is 180 Å². The quantitative estimate of drug-likeness (QED) is 0.0839. The normalized spacial score (nSPS) is 11.4. The van der Waals surface area contributed by atoms with Gasteiger partial charge >= 0.3 is 0 Å². The highest BCUT2D eigenvalue weighted by molar-refractivity contribution is 7.21. The van der Waals surface area contributed by atoms with Crippen LogP contribution in [0.3, 0.4) is 0 Å². The first kappa shape index (κ1) is 88.4. The van der Waals surface area contributed by atoms with E-state index in [2.05, 4.69) is 272 Å². The van der Waals surface area contributed by atoms with Crippen molar-refractivity contribution in [2.45, 2.75) is 0 Å². The predicted octanol–water partition coefficient (Wildman–Crippen LogP) is 34.5. The lowest BCUT2D eigenvalue weighted by Gasteiger charge is -2.15. The van der Waals surface area contributed by atoms with Crippen molar-refractivity contribution in [1.82, 2.24) is 59.8 Å². The minimum absolute atomic E-state index is 0.620. The Morgan fingerprint density at radius 3 is 1.07 bits per heavy atom. The number of pyridine rings is 1. The van der Waals surface area contributed by atoms with Gasteiger partial charge in [0, 0.05) is 89.9 Å². The summed E-state index contributed by atoms with van der Waals surface area (Å²) < 4.78 is 7.65. The zero-order valence-electron chi connectivity index (χ0n) is 79.7. The van der Waals surface area contributed by atoms with E-state index in [1.165, 1.54) is 53.4 Å². The summed E-state index contributed by atoms with van der Waals surface area (Å²) in [5.41, 5.74) is 24.5. The van der Waals surface area contributed by atoms with E-state index in [1.807, 2.05) is 237 Å². The summed E-state index contributed by atoms with van der Waals surface area (Å²) in [7, 11) is 0. The molecule has 0 aliphatic rings. The van der Waals surface area contributed by atoms with E-state index >= 15 is 0 Å². The van der Waals surface area contributed by atoms with E-state index in [9.17, 15) is 0 Å². The lowest BCUT2D eigenvalue weighted by Crippen LogP contribution is -2.00. The van der Waals surface area contributed by atoms with Gasteiger partial charge in [-0.15, -0.1) is 11.3 Å². The molecular weight excluding hydrogens is 1830 g/mol. The van der Waals surface area contributed by atoms with Crippen LogP contribution in [0.2, 0.25) is 0 Å². The van der Waals surface area contributed by atoms with E-state index in [0.29, 0.717) is 58.3 Å². The average Bonchev–Trinajstić information content (AvgIpc) is 1.63. The Kier molecular flexibility index (Phi) is 23.2. The molecule has 6 heterocycles. The topological polar surface area (TPSA) is 168 Å². The van der Waals surface area contributed by atoms with Crippen molar-refractivity contribution in [1.29, 1.82) is 0 Å². The third-order valence-corrected chi connectivity index (χ3v) is 28.3. The summed E-state index contributed by atoms with van der Waals surface area (Å²) in [6.07, 6.45) is 3.70. The fraction of sp³-hybridized carbons (Fsp3) is 0. The first-order valence-corrected chi connectivity index (χ1v) is 50.1. The molecule has 22 aromatic carbocycles. The number of thiazole rings is 1. The Balaban J connectivity index is 0.000000113. The smallest absolute Gasteiger partial charge is 0.227 e. The third kappa shape index (κ3) is 17.5. The van der Waals surface area contributed by atoms with E-state index in [0.717, 1.165) is 165 Å². The molecule has 0 saturated carbocycles. The van der Waals surface area contributed by atoms with Gasteiger partial charge in [0.05, 0.1) is 10.2 Å². The molecule has 692 valence electrons. The lowest BCUT2D eigenvalue weighted by molar-refractivity contribution is 0.623. The van der Waals surface area contributed by atoms with E-state index in [-0.39, 0.29) is 0 Å². The molecule has 14 heteroatoms. The van der Waals surface area contributed by atoms with Gasteiger partial charge in [-0.1, -0.05) is 413 Å². The highest BCUT2D eigenvalue weighted by Crippen LogP contribution is 2.46. The van der Waals surface area contributed by atoms with Gasteiger partial charge in [-0.3, -0.25) is 4.98 Å². The largest absolute Gasteiger partial charge is 0.435 e. The van der Waals surface area contributed by atoms with Gasteiger partial charge in [0.2, 0.25) is 5.89 Å². The molecule has 0 fully saturated rings. The Hall–Kier alpha value is -19.8. The number of oxazole rings is 1. The van der Waals surface area contributed by atoms with Crippen LogP contribution < -0.4 is 0 Å². The second-order valence-corrected chi connectivity index (χ2v) is 37.5. The first-order valence-electron chi connectivity index (χ1n) is 49.2. The maximum absolute atomic E-state index is 6.45. The van der Waals surface area contributed by atoms with Crippen LogP contribution in [0.4, 0.5) is 0 Å². The number of hydrogen-bond acceptors (Lipinski definition) is 14. The van der Waals surface area contributed by atoms with Gasteiger partial charge in [0.15, 0.2) is 58.0 Å². The summed E-state index contributed by atoms with van der Waals surface area (Å²) >= 11 is 1.75. The van der Waals surface area contributed by atoms with Crippen LogP contribution in [0.1, 0.15) is 0 Å². The van der Waals surface area contributed by atoms with Gasteiger partial charge in [0.1, 0.15) is 10.5 Å². The molecule has 28 aromatic rings. The summed E-state index contributed by atoms with van der Waals surface area (Å²) in [4.78, 5) is 59.2. The van der Waals surface area contributed by atoms with Crippen LogP contribution in [0.15, 0.2) is 514 Å². The highest BCUT2D eigenvalue weighted by atomic mass is 32.1. The van der Waals surface area contributed by atoms with Crippen LogP contribution >= 0.6 is 11.3 Å². The Morgan fingerprint density at radius 2 is 0.534 bits per heavy atom. The summed E-state index contributed by atoms with van der Waals surface area (Å²) in [6.45, 7) is 0. The van der Waals surface area contributed by atoms with Crippen molar-refractivity contribution >= 4 is 108 Å². The maximum atomic E-state index is 6.45. The molecule has 0 amide bonds. The van der Waals surface area contributed by atoms with Crippen molar-refractivity contribution in [2.24, 2.45) is 0 Å². The van der Waals surface area contributed by atoms with Gasteiger partial charge in [-0.05, 0) is 200 Å². The Bertz CT molecular complexity index is 9730. The van der Waals surface area contributed by atoms with Crippen molar-refractivity contribution < 1.29 is 4.42 Å². The average molecular weight is 1910 g/mol. The number of benzene rings is 22. The molecule has 148 heavy (non-hydrogen) atoms. The zero-order valence-corrected chi connectivity index (χ0v) is 80.5. The molecule has 0 atom stereocenters. The number of nitrogens with zero attached hydrogens (tertiary/aromatic N) is 12. The molecule has 0 bridgehead atoms. The van der Waals surface area contributed by atoms with Gasteiger partial charge < -0.3 is 4.42 Å². The molecule has 13 nitrogen and oxygen atoms in total. The molecule has 0 N–H and O–H groups in total. The number of rotatable bonds is 16. The summed E-state index contributed by atoms with van der Waals surface area (Å²) in [6, 6.07) is 172. The van der Waals surface area contributed by atoms with Crippen molar-refractivity contribution in [2.75, 3.05) is 0 Å². The van der Waals surface area contributed by atoms with Crippen LogP contribution in [0, 0.1) is 0 Å². The van der Waals surface area contributed by atoms with Crippen LogP contribution in [0.25, 0.3) is 277 Å². The molecule has 0 aliphatic heterocycles. The first-order chi connectivity index (χ1) is 73.3. The minimum Gasteiger partial charge on any atom is -0.435 e. The van der Waals surface area contributed by atoms with Crippen molar-refractivity contribution in [3.63, 3.8) is 0 Å². The molecule has 0 aliphatic carbocycles. The number of fused-ring (bicyclic) bond motifs is 14. The van der Waals surface area contributed by atoms with Crippen molar-refractivity contribution in [3.05, 3.63) is 510 Å². The second kappa shape index (κ2) is 38.9. The van der Waals surface area contributed by atoms with Crippen LogP contribution in [-0.2, 0) is 0 Å². The SMILES string of the molecule is c1ccc(-c2nc(-c3ccccc3)nc(-c3cc(-c4cccnc4)cc(-c4cc5ccccc5c5ccccc45)c3)n2)cc1.c1ccc(-c2nc(-c3ccccc3)nc(-c3ccc(-c4ccc5c(ccc6ccc7nc(-c8ccccc8)oc7c65)c4)c4ccccc34)n2)cc1.c1ccc(-c2nc(-c3ccccc3)nc(-c3cccc(-c4cccc(-c5ccc6c(ccc7ccc8sc(-c9ccccc9)nc8c76)c5)c4)c3)n2)cc1. The van der Waals surface area contributed by atoms with Crippen LogP contribution in [-0.4, -0.2) is 59.8 Å². The van der Waals surface area contributed by atoms with E-state index in [4.69, 9.17) is 59.2 Å². The monoisotopic (exact) mass is 1910 g/mol. The molecule has 28 rings (SSSR count). The summed E-state index contributed by atoms with van der Waals surface area (Å²) in [5.74, 6) is 6.40. The van der Waals surface area contributed by atoms with Crippen LogP contribution in [0.5, 0.6) is 0 Å². The van der Waals surface area contributed by atoms with E-state index in [1.54, 1.807) is 17.5 Å². The van der Waals surface area contributed by atoms with Gasteiger partial charge in [-0.2, -0.15) is 0 Å². The molecule has 0 radical (unpaired) electrons. The number of hydrogen-bond donors (Lipinski definition) is 0. The minimum atomic E-state index is 0.620. The van der Waals surface area contributed by atoms with E-state index < -0.39 is 0 Å². The molecule has 0 spiro atoms. The number of aromatic nitrogens is 12. The zero-order chi connectivity index (χ0) is 98.2. The lowest BCUT2D eigenvalue weighted by atomic mass is 9.90. The Morgan fingerprint density at radius 1 is 0.176 bits per heavy atom. The van der Waals surface area contributed by atoms with Gasteiger partial charge in [0.25, 0.3) is 0 Å². The Labute approximate surface area is 856 Å². The second-order valence-electron chi connectivity index (χ2n) is 36.5. The fourth-order valence-corrected chi connectivity index (χ4v) is 21.0. The fourth-order valence-electron chi connectivity index (χ4n) is 20.0. The van der Waals surface area contributed by atoms with Gasteiger partial charge in [-0.25, -0.2) is 54.8 Å². The highest BCUT2D eigenvalue weighted by Gasteiger charge is 2.24. The summed E-state index contributed by atoms with van der Waals surface area (Å²) in [5, 5.41) is 17.4. The third-order valence-electron chi connectivity index (χ3n) is 27.2. The molecular formula is C134H84N12OS. The molecule has 0 saturated heterocycles. The standard InChI is InChI=1S/C48H30N4S.C46H28N4O.C40H26N4/c1-4-12-32(13-5-1)45-50-46(33-14-6-2-7-15-33)52-47(51-45)40-21-11-20-37(30-40)35-18-10-19-36(28-35)38-24-26-41-39(29-38)23-22-31-25-27-42-44(43(31)41)49-48(53-42)34-16-8-3-9-17-34;1-4-12-30(13-5-1)43-48-44(31-14-6-2-7-15-31)50-45(49-43)39-26-25-35(37-18-10-11-19-38(37)39)33-22-24-36-34(28-33)21-20-29-23-27-40-42(41(29)36)51-46(47-40)32-16-8-3-9-17-32;1-3-12-27(13-4-1)38-42-39(28-14-5-2-6-15-28)44-40(43-38)33-23-31(30-17-11-21-41-26-30)22-32(24-33)37-25-29-16-7-8-18-34(29)35-19-9-10-20-36(35)37/h1-30H;1-28H;1-26H. The maximum Gasteiger partial charge on any atom is 0.227 e. The molecule has 6 aromatic heterocycles. The predicted molar refractivity (Wildman–Crippen MR) is 608 cm³/mol. The molecule has 0 unspecified atom stereocenters.